The van der Waals surface area contributed by atoms with E-state index in [1.165, 1.54) is 77.6 Å². The monoisotopic (exact) mass is 559 g/mol. The molecule has 3 aliphatic carbocycles. The summed E-state index contributed by atoms with van der Waals surface area (Å²) in [6.07, 6.45) is 6.94. The van der Waals surface area contributed by atoms with Gasteiger partial charge in [0, 0.05) is 16.5 Å². The van der Waals surface area contributed by atoms with Crippen molar-refractivity contribution in [1.29, 1.82) is 0 Å². The fourth-order valence-electron chi connectivity index (χ4n) is 8.58. The van der Waals surface area contributed by atoms with Crippen molar-refractivity contribution in [2.75, 3.05) is 0 Å². The average molecular weight is 560 g/mol. The molecular formula is C43H29N. The summed E-state index contributed by atoms with van der Waals surface area (Å²) in [5.41, 5.74) is 17.3. The molecule has 6 aromatic carbocycles. The van der Waals surface area contributed by atoms with Gasteiger partial charge in [-0.25, -0.2) is 0 Å². The highest BCUT2D eigenvalue weighted by molar-refractivity contribution is 6.13. The number of fused-ring (bicyclic) bond motifs is 12. The molecule has 0 atom stereocenters. The van der Waals surface area contributed by atoms with E-state index in [-0.39, 0.29) is 5.41 Å². The van der Waals surface area contributed by atoms with Crippen LogP contribution >= 0.6 is 0 Å². The minimum absolute atomic E-state index is 0.262. The van der Waals surface area contributed by atoms with Crippen LogP contribution in [0.15, 0.2) is 157 Å². The topological polar surface area (TPSA) is 4.93 Å². The Morgan fingerprint density at radius 1 is 0.500 bits per heavy atom. The first-order valence-electron chi connectivity index (χ1n) is 15.7. The summed E-state index contributed by atoms with van der Waals surface area (Å²) in [5, 5.41) is 2.61. The first-order chi connectivity index (χ1) is 21.8. The molecule has 0 bridgehead atoms. The molecule has 206 valence electrons. The Bertz CT molecular complexity index is 2320. The number of rotatable bonds is 2. The molecule has 0 radical (unpaired) electrons. The van der Waals surface area contributed by atoms with Crippen LogP contribution < -0.4 is 0 Å². The number of aromatic nitrogens is 1. The zero-order valence-electron chi connectivity index (χ0n) is 24.3. The van der Waals surface area contributed by atoms with Gasteiger partial charge in [-0.3, -0.25) is 0 Å². The average Bonchev–Trinajstić information content (AvgIpc) is 3.69. The summed E-state index contributed by atoms with van der Waals surface area (Å²) in [4.78, 5) is 0. The fraction of sp³-hybridized carbons (Fsp3) is 0.0698. The van der Waals surface area contributed by atoms with Crippen molar-refractivity contribution in [2.24, 2.45) is 0 Å². The van der Waals surface area contributed by atoms with Gasteiger partial charge in [-0.05, 0) is 98.8 Å². The Kier molecular flexibility index (Phi) is 4.82. The van der Waals surface area contributed by atoms with Crippen molar-refractivity contribution in [1.82, 2.24) is 4.57 Å². The van der Waals surface area contributed by atoms with Crippen LogP contribution in [0.25, 0.3) is 55.3 Å². The second-order valence-electron chi connectivity index (χ2n) is 12.4. The fourth-order valence-corrected chi connectivity index (χ4v) is 8.58. The molecule has 1 aromatic heterocycles. The predicted molar refractivity (Wildman–Crippen MR) is 183 cm³/mol. The van der Waals surface area contributed by atoms with Gasteiger partial charge in [-0.2, -0.15) is 0 Å². The molecule has 0 N–H and O–H groups in total. The van der Waals surface area contributed by atoms with E-state index in [2.05, 4.69) is 156 Å². The van der Waals surface area contributed by atoms with Gasteiger partial charge in [0.2, 0.25) is 0 Å². The number of benzene rings is 6. The normalized spacial score (nSPS) is 15.5. The molecule has 0 unspecified atom stereocenters. The van der Waals surface area contributed by atoms with Gasteiger partial charge in [0.15, 0.2) is 0 Å². The second-order valence-corrected chi connectivity index (χ2v) is 12.4. The number of nitrogens with zero attached hydrogens (tertiary/aromatic N) is 1. The lowest BCUT2D eigenvalue weighted by Crippen LogP contribution is -2.27. The van der Waals surface area contributed by atoms with Gasteiger partial charge in [0.1, 0.15) is 0 Å². The van der Waals surface area contributed by atoms with Crippen LogP contribution in [0.2, 0.25) is 0 Å². The molecule has 1 nitrogen and oxygen atoms in total. The quantitative estimate of drug-likeness (QED) is 0.199. The molecule has 1 heterocycles. The Morgan fingerprint density at radius 3 is 1.91 bits per heavy atom. The molecular weight excluding hydrogens is 530 g/mol. The van der Waals surface area contributed by atoms with Crippen molar-refractivity contribution in [3.63, 3.8) is 0 Å². The second kappa shape index (κ2) is 8.81. The van der Waals surface area contributed by atoms with E-state index < -0.39 is 0 Å². The molecule has 3 aliphatic rings. The number of allylic oxidation sites excluding steroid dienone is 4. The maximum atomic E-state index is 2.56. The molecule has 10 rings (SSSR count). The SMILES string of the molecule is C1=CC2=C(CC1)C1(c3cc4c5ccc(-c6ccccc6)cc5n(-c5ccccc5)c4cc32)c2ccccc2-c2ccccc21. The van der Waals surface area contributed by atoms with E-state index in [9.17, 15) is 0 Å². The van der Waals surface area contributed by atoms with E-state index >= 15 is 0 Å². The van der Waals surface area contributed by atoms with E-state index in [4.69, 9.17) is 0 Å². The standard InChI is InChI=1S/C43H29N/c1-3-13-28(14-4-1)29-23-24-34-36-26-40-35(27-42(36)44(41(34)25-29)30-15-5-2-6-16-30)33-19-9-12-22-39(33)43(40)37-20-10-7-17-31(37)32-18-8-11-21-38(32)43/h1-11,13-21,23-27H,12,22H2. The van der Waals surface area contributed by atoms with Gasteiger partial charge in [0.25, 0.3) is 0 Å². The first-order valence-corrected chi connectivity index (χ1v) is 15.7. The minimum atomic E-state index is -0.262. The van der Waals surface area contributed by atoms with Crippen molar-refractivity contribution in [3.8, 4) is 27.9 Å². The summed E-state index contributed by atoms with van der Waals surface area (Å²) in [6.45, 7) is 0. The molecule has 0 fully saturated rings. The first kappa shape index (κ1) is 24.1. The van der Waals surface area contributed by atoms with Gasteiger partial charge in [-0.15, -0.1) is 0 Å². The molecule has 0 aliphatic heterocycles. The van der Waals surface area contributed by atoms with Crippen LogP contribution in [0.1, 0.15) is 35.1 Å². The smallest absolute Gasteiger partial charge is 0.0688 e. The third-order valence-electron chi connectivity index (χ3n) is 10.3. The van der Waals surface area contributed by atoms with Gasteiger partial charge < -0.3 is 4.57 Å². The van der Waals surface area contributed by atoms with Crippen LogP contribution in [0.5, 0.6) is 0 Å². The molecule has 0 saturated carbocycles. The van der Waals surface area contributed by atoms with Crippen molar-refractivity contribution in [3.05, 3.63) is 180 Å². The third kappa shape index (κ3) is 2.99. The zero-order valence-corrected chi connectivity index (χ0v) is 24.3. The van der Waals surface area contributed by atoms with E-state index in [1.807, 2.05) is 0 Å². The third-order valence-corrected chi connectivity index (χ3v) is 10.3. The largest absolute Gasteiger partial charge is 0.309 e. The number of hydrogen-bond donors (Lipinski definition) is 0. The molecule has 0 amide bonds. The predicted octanol–water partition coefficient (Wildman–Crippen LogP) is 10.9. The Morgan fingerprint density at radius 2 is 1.16 bits per heavy atom. The minimum Gasteiger partial charge on any atom is -0.309 e. The van der Waals surface area contributed by atoms with Crippen molar-refractivity contribution < 1.29 is 0 Å². The summed E-state index contributed by atoms with van der Waals surface area (Å²) in [5.74, 6) is 0. The maximum absolute atomic E-state index is 2.56. The van der Waals surface area contributed by atoms with Gasteiger partial charge >= 0.3 is 0 Å². The lowest BCUT2D eigenvalue weighted by Gasteiger charge is -2.33. The van der Waals surface area contributed by atoms with Crippen LogP contribution in [0, 0.1) is 0 Å². The summed E-state index contributed by atoms with van der Waals surface area (Å²) < 4.78 is 2.48. The highest BCUT2D eigenvalue weighted by atomic mass is 15.0. The van der Waals surface area contributed by atoms with Crippen LogP contribution in [0.4, 0.5) is 0 Å². The van der Waals surface area contributed by atoms with Crippen LogP contribution in [-0.4, -0.2) is 4.57 Å². The summed E-state index contributed by atoms with van der Waals surface area (Å²) in [7, 11) is 0. The lowest BCUT2D eigenvalue weighted by atomic mass is 9.68. The zero-order chi connectivity index (χ0) is 28.8. The molecule has 7 aromatic rings. The summed E-state index contributed by atoms with van der Waals surface area (Å²) >= 11 is 0. The van der Waals surface area contributed by atoms with Crippen LogP contribution in [-0.2, 0) is 5.41 Å². The van der Waals surface area contributed by atoms with Crippen molar-refractivity contribution in [2.45, 2.75) is 18.3 Å². The lowest BCUT2D eigenvalue weighted by molar-refractivity contribution is 0.715. The highest BCUT2D eigenvalue weighted by Crippen LogP contribution is 2.64. The van der Waals surface area contributed by atoms with Gasteiger partial charge in [-0.1, -0.05) is 121 Å². The van der Waals surface area contributed by atoms with E-state index in [1.54, 1.807) is 5.57 Å². The maximum Gasteiger partial charge on any atom is 0.0688 e. The van der Waals surface area contributed by atoms with Gasteiger partial charge in [0.05, 0.1) is 16.4 Å². The Balaban J connectivity index is 1.35. The van der Waals surface area contributed by atoms with E-state index in [0.717, 1.165) is 12.8 Å². The summed E-state index contributed by atoms with van der Waals surface area (Å²) in [6, 6.07) is 51.9. The molecule has 44 heavy (non-hydrogen) atoms. The molecule has 0 saturated heterocycles. The van der Waals surface area contributed by atoms with Crippen LogP contribution in [0.3, 0.4) is 0 Å². The highest BCUT2D eigenvalue weighted by Gasteiger charge is 2.52. The Labute approximate surface area is 257 Å². The molecule has 1 heteroatoms. The van der Waals surface area contributed by atoms with E-state index in [0.29, 0.717) is 0 Å². The number of para-hydroxylation sites is 1. The Hall–Kier alpha value is -5.40. The molecule has 1 spiro atoms. The van der Waals surface area contributed by atoms with Crippen molar-refractivity contribution >= 4 is 27.4 Å². The number of hydrogen-bond acceptors (Lipinski definition) is 0.